The average molecular weight is 185 g/mol. The molecule has 1 heterocycles. The molecule has 1 N–H and O–H groups in total. The number of ketones is 1. The summed E-state index contributed by atoms with van der Waals surface area (Å²) < 4.78 is 4.82. The number of nitrogens with one attached hydrogen (secondary N) is 1. The highest BCUT2D eigenvalue weighted by Crippen LogP contribution is 2.13. The van der Waals surface area contributed by atoms with E-state index in [1.54, 1.807) is 0 Å². The standard InChI is InChI=1S/C9H15NO3/c1-6(11)4-9(2,3)10-8(12)7-5-13-7/h7H,4-5H2,1-3H3,(H,10,12). The van der Waals surface area contributed by atoms with Gasteiger partial charge in [0.2, 0.25) is 0 Å². The first-order chi connectivity index (χ1) is 5.91. The summed E-state index contributed by atoms with van der Waals surface area (Å²) in [5.74, 6) is -0.0479. The molecule has 4 heteroatoms. The fourth-order valence-corrected chi connectivity index (χ4v) is 1.28. The van der Waals surface area contributed by atoms with Crippen molar-refractivity contribution < 1.29 is 14.3 Å². The van der Waals surface area contributed by atoms with Crippen LogP contribution in [0.5, 0.6) is 0 Å². The van der Waals surface area contributed by atoms with E-state index in [1.807, 2.05) is 13.8 Å². The van der Waals surface area contributed by atoms with Crippen LogP contribution in [-0.4, -0.2) is 29.9 Å². The first-order valence-corrected chi connectivity index (χ1v) is 4.34. The Hall–Kier alpha value is -0.900. The number of carbonyl (C=O) groups is 2. The van der Waals surface area contributed by atoms with E-state index in [0.717, 1.165) is 0 Å². The molecule has 0 bridgehead atoms. The van der Waals surface area contributed by atoms with Crippen molar-refractivity contribution in [3.05, 3.63) is 0 Å². The number of amides is 1. The lowest BCUT2D eigenvalue weighted by Gasteiger charge is -2.24. The quantitative estimate of drug-likeness (QED) is 0.639. The lowest BCUT2D eigenvalue weighted by molar-refractivity contribution is -0.124. The van der Waals surface area contributed by atoms with Crippen molar-refractivity contribution in [2.45, 2.75) is 38.8 Å². The minimum absolute atomic E-state index is 0.0713. The molecule has 0 aromatic rings. The summed E-state index contributed by atoms with van der Waals surface area (Å²) >= 11 is 0. The van der Waals surface area contributed by atoms with E-state index in [-0.39, 0.29) is 17.8 Å². The largest absolute Gasteiger partial charge is 0.363 e. The summed E-state index contributed by atoms with van der Waals surface area (Å²) in [6, 6.07) is 0. The van der Waals surface area contributed by atoms with Crippen LogP contribution in [0.4, 0.5) is 0 Å². The number of rotatable bonds is 4. The fraction of sp³-hybridized carbons (Fsp3) is 0.778. The molecule has 0 aliphatic carbocycles. The van der Waals surface area contributed by atoms with Crippen molar-refractivity contribution in [1.29, 1.82) is 0 Å². The fourth-order valence-electron chi connectivity index (χ4n) is 1.28. The lowest BCUT2D eigenvalue weighted by Crippen LogP contribution is -2.46. The number of epoxide rings is 1. The molecule has 1 fully saturated rings. The van der Waals surface area contributed by atoms with Crippen LogP contribution in [0, 0.1) is 0 Å². The van der Waals surface area contributed by atoms with E-state index in [1.165, 1.54) is 6.92 Å². The predicted octanol–water partition coefficient (Wildman–Crippen LogP) is 0.259. The second-order valence-electron chi connectivity index (χ2n) is 4.07. The van der Waals surface area contributed by atoms with Gasteiger partial charge in [0.25, 0.3) is 5.91 Å². The summed E-state index contributed by atoms with van der Waals surface area (Å²) in [7, 11) is 0. The highest BCUT2D eigenvalue weighted by molar-refractivity contribution is 5.84. The molecule has 1 rings (SSSR count). The maximum absolute atomic E-state index is 11.3. The van der Waals surface area contributed by atoms with Gasteiger partial charge in [0.1, 0.15) is 5.78 Å². The smallest absolute Gasteiger partial charge is 0.251 e. The second-order valence-corrected chi connectivity index (χ2v) is 4.07. The molecule has 4 nitrogen and oxygen atoms in total. The van der Waals surface area contributed by atoms with Gasteiger partial charge >= 0.3 is 0 Å². The molecule has 1 amide bonds. The molecule has 1 unspecified atom stereocenters. The van der Waals surface area contributed by atoms with E-state index in [0.29, 0.717) is 13.0 Å². The van der Waals surface area contributed by atoms with Crippen molar-refractivity contribution in [2.24, 2.45) is 0 Å². The molecule has 74 valence electrons. The molecule has 0 radical (unpaired) electrons. The molecule has 0 aromatic carbocycles. The van der Waals surface area contributed by atoms with E-state index < -0.39 is 5.54 Å². The van der Waals surface area contributed by atoms with Gasteiger partial charge in [-0.05, 0) is 20.8 Å². The zero-order chi connectivity index (χ0) is 10.1. The first kappa shape index (κ1) is 10.2. The van der Waals surface area contributed by atoms with Crippen molar-refractivity contribution in [2.75, 3.05) is 6.61 Å². The molecule has 0 saturated carbocycles. The van der Waals surface area contributed by atoms with Crippen LogP contribution in [0.1, 0.15) is 27.2 Å². The van der Waals surface area contributed by atoms with Crippen LogP contribution in [0.3, 0.4) is 0 Å². The van der Waals surface area contributed by atoms with E-state index in [2.05, 4.69) is 5.32 Å². The van der Waals surface area contributed by atoms with Crippen LogP contribution < -0.4 is 5.32 Å². The molecule has 1 aliphatic heterocycles. The van der Waals surface area contributed by atoms with Crippen LogP contribution in [0.2, 0.25) is 0 Å². The van der Waals surface area contributed by atoms with Gasteiger partial charge in [0.05, 0.1) is 6.61 Å². The van der Waals surface area contributed by atoms with Gasteiger partial charge in [-0.1, -0.05) is 0 Å². The Labute approximate surface area is 77.6 Å². The molecule has 0 aromatic heterocycles. The summed E-state index contributed by atoms with van der Waals surface area (Å²) in [4.78, 5) is 22.1. The lowest BCUT2D eigenvalue weighted by atomic mass is 9.98. The zero-order valence-corrected chi connectivity index (χ0v) is 8.22. The minimum atomic E-state index is -0.463. The molecule has 13 heavy (non-hydrogen) atoms. The molecule has 1 atom stereocenters. The number of ether oxygens (including phenoxy) is 1. The Morgan fingerprint density at radius 3 is 2.46 bits per heavy atom. The number of hydrogen-bond acceptors (Lipinski definition) is 3. The van der Waals surface area contributed by atoms with E-state index in [4.69, 9.17) is 4.74 Å². The van der Waals surface area contributed by atoms with Crippen molar-refractivity contribution >= 4 is 11.7 Å². The van der Waals surface area contributed by atoms with Gasteiger partial charge in [0.15, 0.2) is 6.10 Å². The average Bonchev–Trinajstić information content (AvgIpc) is 2.60. The Morgan fingerprint density at radius 1 is 1.54 bits per heavy atom. The number of carbonyl (C=O) groups excluding carboxylic acids is 2. The third-order valence-corrected chi connectivity index (χ3v) is 1.78. The van der Waals surface area contributed by atoms with Gasteiger partial charge in [-0.15, -0.1) is 0 Å². The van der Waals surface area contributed by atoms with Crippen molar-refractivity contribution in [1.82, 2.24) is 5.32 Å². The molecule has 0 spiro atoms. The molecule has 1 aliphatic rings. The Morgan fingerprint density at radius 2 is 2.08 bits per heavy atom. The summed E-state index contributed by atoms with van der Waals surface area (Å²) in [5.41, 5.74) is -0.463. The first-order valence-electron chi connectivity index (χ1n) is 4.34. The van der Waals surface area contributed by atoms with Crippen molar-refractivity contribution in [3.8, 4) is 0 Å². The summed E-state index contributed by atoms with van der Waals surface area (Å²) in [6.07, 6.45) is 0.0667. The molecular weight excluding hydrogens is 170 g/mol. The monoisotopic (exact) mass is 185 g/mol. The number of Topliss-reactive ketones (excluding diaryl/α,β-unsaturated/α-hetero) is 1. The van der Waals surface area contributed by atoms with Gasteiger partial charge < -0.3 is 10.1 Å². The topological polar surface area (TPSA) is 58.7 Å². The van der Waals surface area contributed by atoms with Crippen LogP contribution in [0.25, 0.3) is 0 Å². The van der Waals surface area contributed by atoms with Gasteiger partial charge in [0, 0.05) is 12.0 Å². The maximum atomic E-state index is 11.3. The predicted molar refractivity (Wildman–Crippen MR) is 47.3 cm³/mol. The van der Waals surface area contributed by atoms with Crippen molar-refractivity contribution in [3.63, 3.8) is 0 Å². The highest BCUT2D eigenvalue weighted by Gasteiger charge is 2.34. The normalized spacial score (nSPS) is 21.0. The van der Waals surface area contributed by atoms with Gasteiger partial charge in [-0.3, -0.25) is 9.59 Å². The summed E-state index contributed by atoms with van der Waals surface area (Å²) in [6.45, 7) is 5.67. The highest BCUT2D eigenvalue weighted by atomic mass is 16.6. The maximum Gasteiger partial charge on any atom is 0.251 e. The van der Waals surface area contributed by atoms with E-state index >= 15 is 0 Å². The van der Waals surface area contributed by atoms with Crippen LogP contribution >= 0.6 is 0 Å². The molecule has 1 saturated heterocycles. The number of hydrogen-bond donors (Lipinski definition) is 1. The Bertz CT molecular complexity index is 231. The Kier molecular flexibility index (Phi) is 2.71. The zero-order valence-electron chi connectivity index (χ0n) is 8.22. The van der Waals surface area contributed by atoms with E-state index in [9.17, 15) is 9.59 Å². The summed E-state index contributed by atoms with van der Waals surface area (Å²) in [5, 5.41) is 2.76. The van der Waals surface area contributed by atoms with Crippen LogP contribution in [0.15, 0.2) is 0 Å². The van der Waals surface area contributed by atoms with Crippen LogP contribution in [-0.2, 0) is 14.3 Å². The third kappa shape index (κ3) is 3.55. The van der Waals surface area contributed by atoms with Gasteiger partial charge in [-0.2, -0.15) is 0 Å². The third-order valence-electron chi connectivity index (χ3n) is 1.78. The SMILES string of the molecule is CC(=O)CC(C)(C)NC(=O)C1CO1. The Balaban J connectivity index is 2.39. The second kappa shape index (κ2) is 3.46. The minimum Gasteiger partial charge on any atom is -0.363 e. The molecular formula is C9H15NO3. The van der Waals surface area contributed by atoms with Gasteiger partial charge in [-0.25, -0.2) is 0 Å².